The van der Waals surface area contributed by atoms with Gasteiger partial charge in [-0.1, -0.05) is 40.5 Å². The van der Waals surface area contributed by atoms with Gasteiger partial charge in [-0.05, 0) is 61.3 Å². The predicted octanol–water partition coefficient (Wildman–Crippen LogP) is 6.88. The normalized spacial score (nSPS) is 19.3. The van der Waals surface area contributed by atoms with Crippen molar-refractivity contribution >= 4 is 45.8 Å². The molecule has 35 heavy (non-hydrogen) atoms. The van der Waals surface area contributed by atoms with Gasteiger partial charge in [0.2, 0.25) is 5.95 Å². The molecule has 0 amide bonds. The molecule has 1 aliphatic heterocycles. The van der Waals surface area contributed by atoms with Crippen LogP contribution in [-0.4, -0.2) is 32.8 Å². The van der Waals surface area contributed by atoms with Crippen LogP contribution in [0.25, 0.3) is 27.9 Å². The minimum Gasteiger partial charge on any atom is -0.360 e. The summed E-state index contributed by atoms with van der Waals surface area (Å²) in [6.45, 7) is 1.89. The molecule has 7 rings (SSSR count). The number of benzene rings is 1. The molecule has 1 aromatic carbocycles. The van der Waals surface area contributed by atoms with Crippen molar-refractivity contribution in [3.05, 3.63) is 64.1 Å². The number of halogens is 2. The van der Waals surface area contributed by atoms with Crippen molar-refractivity contribution in [1.29, 1.82) is 0 Å². The first-order chi connectivity index (χ1) is 17.0. The van der Waals surface area contributed by atoms with Crippen molar-refractivity contribution in [1.82, 2.24) is 19.7 Å². The van der Waals surface area contributed by atoms with Gasteiger partial charge in [0.15, 0.2) is 0 Å². The SMILES string of the molecule is Cn1ccc2cnc(N3CCC4(C=C(c5c(-c6c(Cl)cccc6Cl)noc5C5CC5)C4)CC3)nc21. The number of hydrogen-bond acceptors (Lipinski definition) is 5. The lowest BCUT2D eigenvalue weighted by molar-refractivity contribution is 0.276. The zero-order valence-corrected chi connectivity index (χ0v) is 21.0. The minimum absolute atomic E-state index is 0.209. The molecule has 0 unspecified atom stereocenters. The molecule has 2 fully saturated rings. The Morgan fingerprint density at radius 2 is 1.80 bits per heavy atom. The number of piperidine rings is 1. The first-order valence-electron chi connectivity index (χ1n) is 12.2. The molecule has 3 aliphatic rings. The first kappa shape index (κ1) is 21.5. The number of nitrogens with zero attached hydrogens (tertiary/aromatic N) is 5. The highest BCUT2D eigenvalue weighted by molar-refractivity contribution is 6.39. The third-order valence-corrected chi connectivity index (χ3v) is 8.48. The smallest absolute Gasteiger partial charge is 0.227 e. The van der Waals surface area contributed by atoms with Gasteiger partial charge in [0.1, 0.15) is 17.1 Å². The Balaban J connectivity index is 1.16. The van der Waals surface area contributed by atoms with Gasteiger partial charge in [-0.3, -0.25) is 0 Å². The quantitative estimate of drug-likeness (QED) is 0.302. The van der Waals surface area contributed by atoms with Crippen molar-refractivity contribution < 1.29 is 4.52 Å². The predicted molar refractivity (Wildman–Crippen MR) is 139 cm³/mol. The number of aryl methyl sites for hydroxylation is 1. The molecule has 0 N–H and O–H groups in total. The molecular formula is C27H25Cl2N5O. The number of hydrogen-bond donors (Lipinski definition) is 0. The summed E-state index contributed by atoms with van der Waals surface area (Å²) in [5, 5.41) is 6.76. The molecule has 2 aliphatic carbocycles. The van der Waals surface area contributed by atoms with Crippen LogP contribution in [0.4, 0.5) is 5.95 Å². The summed E-state index contributed by atoms with van der Waals surface area (Å²) < 4.78 is 7.94. The zero-order valence-electron chi connectivity index (χ0n) is 19.5. The highest BCUT2D eigenvalue weighted by Crippen LogP contribution is 2.56. The van der Waals surface area contributed by atoms with Gasteiger partial charge < -0.3 is 14.0 Å². The van der Waals surface area contributed by atoms with E-state index in [1.807, 2.05) is 42.2 Å². The third-order valence-electron chi connectivity index (χ3n) is 7.85. The third kappa shape index (κ3) is 3.49. The Kier molecular flexibility index (Phi) is 4.80. The van der Waals surface area contributed by atoms with Gasteiger partial charge in [0, 0.05) is 55.0 Å². The average Bonchev–Trinajstić information content (AvgIpc) is 3.50. The van der Waals surface area contributed by atoms with E-state index < -0.39 is 0 Å². The molecule has 0 atom stereocenters. The monoisotopic (exact) mass is 505 g/mol. The fourth-order valence-electron chi connectivity index (χ4n) is 5.67. The van der Waals surface area contributed by atoms with E-state index in [0.717, 1.165) is 84.8 Å². The molecule has 0 bridgehead atoms. The van der Waals surface area contributed by atoms with Crippen LogP contribution in [0.5, 0.6) is 0 Å². The van der Waals surface area contributed by atoms with Crippen LogP contribution in [0.1, 0.15) is 49.3 Å². The van der Waals surface area contributed by atoms with Crippen molar-refractivity contribution in [2.24, 2.45) is 12.5 Å². The molecule has 1 spiro atoms. The molecule has 1 saturated heterocycles. The second-order valence-electron chi connectivity index (χ2n) is 10.2. The Bertz CT molecular complexity index is 1470. The Morgan fingerprint density at radius 1 is 1.06 bits per heavy atom. The van der Waals surface area contributed by atoms with Crippen LogP contribution in [0.3, 0.4) is 0 Å². The van der Waals surface area contributed by atoms with E-state index in [0.29, 0.717) is 16.0 Å². The molecule has 4 aromatic rings. The number of allylic oxidation sites excluding steroid dienone is 2. The highest BCUT2D eigenvalue weighted by atomic mass is 35.5. The maximum absolute atomic E-state index is 6.56. The Labute approximate surface area is 213 Å². The summed E-state index contributed by atoms with van der Waals surface area (Å²) in [5.74, 6) is 2.28. The van der Waals surface area contributed by atoms with E-state index in [1.54, 1.807) is 0 Å². The van der Waals surface area contributed by atoms with E-state index >= 15 is 0 Å². The van der Waals surface area contributed by atoms with Gasteiger partial charge >= 0.3 is 0 Å². The largest absolute Gasteiger partial charge is 0.360 e. The maximum atomic E-state index is 6.56. The lowest BCUT2D eigenvalue weighted by Crippen LogP contribution is -2.43. The van der Waals surface area contributed by atoms with Gasteiger partial charge in [-0.15, -0.1) is 0 Å². The molecule has 0 radical (unpaired) electrons. The lowest BCUT2D eigenvalue weighted by Gasteiger charge is -2.46. The summed E-state index contributed by atoms with van der Waals surface area (Å²) in [5.41, 5.74) is 5.17. The molecule has 178 valence electrons. The molecular weight excluding hydrogens is 481 g/mol. The van der Waals surface area contributed by atoms with Crippen LogP contribution in [0, 0.1) is 5.41 Å². The number of aromatic nitrogens is 4. The Morgan fingerprint density at radius 3 is 2.51 bits per heavy atom. The fraction of sp³-hybridized carbons (Fsp3) is 0.370. The Hall–Kier alpha value is -2.83. The van der Waals surface area contributed by atoms with Crippen LogP contribution < -0.4 is 4.90 Å². The van der Waals surface area contributed by atoms with Crippen LogP contribution in [0.2, 0.25) is 10.0 Å². The molecule has 8 heteroatoms. The summed E-state index contributed by atoms with van der Waals surface area (Å²) in [6.07, 6.45) is 11.9. The molecule has 1 saturated carbocycles. The topological polar surface area (TPSA) is 60.0 Å². The van der Waals surface area contributed by atoms with Crippen LogP contribution in [-0.2, 0) is 7.05 Å². The standard InChI is InChI=1S/C27H25Cl2N5O/c1-33-10-7-17-15-30-26(31-25(17)33)34-11-8-27(9-12-34)13-18(14-27)21-23(32-35-24(21)16-5-6-16)22-19(28)3-2-4-20(22)29/h2-4,7,10,13,15-16H,5-6,8-9,11-12,14H2,1H3. The van der Waals surface area contributed by atoms with Gasteiger partial charge in [-0.25, -0.2) is 4.98 Å². The number of rotatable bonds is 4. The van der Waals surface area contributed by atoms with E-state index in [9.17, 15) is 0 Å². The van der Waals surface area contributed by atoms with E-state index in [1.165, 1.54) is 5.57 Å². The molecule has 6 nitrogen and oxygen atoms in total. The van der Waals surface area contributed by atoms with Crippen molar-refractivity contribution in [3.8, 4) is 11.3 Å². The summed E-state index contributed by atoms with van der Waals surface area (Å²) >= 11 is 13.1. The second kappa shape index (κ2) is 7.84. The summed E-state index contributed by atoms with van der Waals surface area (Å²) in [6, 6.07) is 7.63. The first-order valence-corrected chi connectivity index (χ1v) is 13.0. The van der Waals surface area contributed by atoms with Gasteiger partial charge in [-0.2, -0.15) is 4.98 Å². The van der Waals surface area contributed by atoms with Crippen molar-refractivity contribution in [2.45, 2.75) is 38.0 Å². The fourth-order valence-corrected chi connectivity index (χ4v) is 6.25. The van der Waals surface area contributed by atoms with E-state index in [-0.39, 0.29) is 5.41 Å². The number of fused-ring (bicyclic) bond motifs is 1. The summed E-state index contributed by atoms with van der Waals surface area (Å²) in [7, 11) is 2.02. The molecule has 3 aromatic heterocycles. The van der Waals surface area contributed by atoms with E-state index in [2.05, 4.69) is 27.2 Å². The maximum Gasteiger partial charge on any atom is 0.227 e. The van der Waals surface area contributed by atoms with Crippen molar-refractivity contribution in [2.75, 3.05) is 18.0 Å². The van der Waals surface area contributed by atoms with Crippen LogP contribution in [0.15, 0.2) is 47.3 Å². The van der Waals surface area contributed by atoms with Crippen molar-refractivity contribution in [3.63, 3.8) is 0 Å². The van der Waals surface area contributed by atoms with Gasteiger partial charge in [0.05, 0.1) is 10.0 Å². The molecule has 4 heterocycles. The zero-order chi connectivity index (χ0) is 23.7. The van der Waals surface area contributed by atoms with Gasteiger partial charge in [0.25, 0.3) is 0 Å². The second-order valence-corrected chi connectivity index (χ2v) is 11.0. The van der Waals surface area contributed by atoms with Crippen LogP contribution >= 0.6 is 23.2 Å². The lowest BCUT2D eigenvalue weighted by atomic mass is 9.63. The summed E-state index contributed by atoms with van der Waals surface area (Å²) in [4.78, 5) is 11.8. The number of anilines is 1. The van der Waals surface area contributed by atoms with E-state index in [4.69, 9.17) is 32.7 Å². The minimum atomic E-state index is 0.209. The average molecular weight is 506 g/mol. The highest BCUT2D eigenvalue weighted by Gasteiger charge is 2.44.